The molecule has 1 heterocycles. The molecule has 2 fully saturated rings. The lowest BCUT2D eigenvalue weighted by Crippen LogP contribution is -2.46. The summed E-state index contributed by atoms with van der Waals surface area (Å²) in [6.07, 6.45) is 4.22. The third kappa shape index (κ3) is 5.18. The van der Waals surface area contributed by atoms with Gasteiger partial charge in [-0.25, -0.2) is 4.79 Å². The van der Waals surface area contributed by atoms with Gasteiger partial charge in [0.2, 0.25) is 5.91 Å². The predicted octanol–water partition coefficient (Wildman–Crippen LogP) is 3.62. The van der Waals surface area contributed by atoms with Gasteiger partial charge in [-0.1, -0.05) is 12.1 Å². The van der Waals surface area contributed by atoms with Gasteiger partial charge in [-0.15, -0.1) is 0 Å². The van der Waals surface area contributed by atoms with Crippen molar-refractivity contribution < 1.29 is 19.1 Å². The Bertz CT molecular complexity index is 694. The highest BCUT2D eigenvalue weighted by Gasteiger charge is 2.34. The lowest BCUT2D eigenvalue weighted by atomic mass is 9.89. The topological polar surface area (TPSA) is 67.9 Å². The van der Waals surface area contributed by atoms with Gasteiger partial charge in [0.1, 0.15) is 5.75 Å². The highest BCUT2D eigenvalue weighted by molar-refractivity contribution is 5.77. The number of ether oxygens (including phenoxy) is 2. The number of hydrogen-bond acceptors (Lipinski definition) is 4. The normalized spacial score (nSPS) is 18.5. The number of methoxy groups -OCH3 is 1. The summed E-state index contributed by atoms with van der Waals surface area (Å²) in [5.74, 6) is 1.87. The van der Waals surface area contributed by atoms with Crippen molar-refractivity contribution in [2.75, 3.05) is 26.8 Å². The first-order valence-corrected chi connectivity index (χ1v) is 10.4. The van der Waals surface area contributed by atoms with Crippen molar-refractivity contribution in [3.05, 3.63) is 29.3 Å². The molecule has 1 aromatic carbocycles. The van der Waals surface area contributed by atoms with E-state index in [0.29, 0.717) is 32.0 Å². The van der Waals surface area contributed by atoms with E-state index >= 15 is 0 Å². The monoisotopic (exact) mass is 388 g/mol. The molecule has 3 rings (SSSR count). The standard InChI is InChI=1S/C22H32N2O4/c1-4-28-22(26)24-11-9-18(10-12-24)23-21(25)14-19(16-5-6-16)17-7-8-20(27-3)15(2)13-17/h7-8,13,16,18-19H,4-6,9-12,14H2,1-3H3,(H,23,25). The summed E-state index contributed by atoms with van der Waals surface area (Å²) in [7, 11) is 1.68. The molecule has 2 amide bonds. The Kier molecular flexibility index (Phi) is 6.81. The van der Waals surface area contributed by atoms with Crippen molar-refractivity contribution in [1.82, 2.24) is 10.2 Å². The van der Waals surface area contributed by atoms with Crippen molar-refractivity contribution >= 4 is 12.0 Å². The molecule has 0 bridgehead atoms. The van der Waals surface area contributed by atoms with Gasteiger partial charge in [0.05, 0.1) is 13.7 Å². The molecular formula is C22H32N2O4. The molecule has 1 aliphatic heterocycles. The highest BCUT2D eigenvalue weighted by atomic mass is 16.6. The third-order valence-corrected chi connectivity index (χ3v) is 5.83. The molecule has 2 aliphatic rings. The smallest absolute Gasteiger partial charge is 0.409 e. The van der Waals surface area contributed by atoms with Crippen molar-refractivity contribution in [2.45, 2.75) is 57.9 Å². The summed E-state index contributed by atoms with van der Waals surface area (Å²) < 4.78 is 10.4. The molecule has 6 heteroatoms. The molecule has 1 N–H and O–H groups in total. The molecule has 1 aliphatic carbocycles. The van der Waals surface area contributed by atoms with E-state index in [2.05, 4.69) is 17.4 Å². The summed E-state index contributed by atoms with van der Waals surface area (Å²) in [6.45, 7) is 5.51. The van der Waals surface area contributed by atoms with Crippen LogP contribution in [0.3, 0.4) is 0 Å². The minimum Gasteiger partial charge on any atom is -0.496 e. The van der Waals surface area contributed by atoms with Crippen molar-refractivity contribution in [1.29, 1.82) is 0 Å². The number of amides is 2. The number of rotatable bonds is 7. The lowest BCUT2D eigenvalue weighted by molar-refractivity contribution is -0.122. The van der Waals surface area contributed by atoms with Crippen LogP contribution in [0, 0.1) is 12.8 Å². The molecule has 1 atom stereocenters. The van der Waals surface area contributed by atoms with Crippen LogP contribution < -0.4 is 10.1 Å². The first-order valence-electron chi connectivity index (χ1n) is 10.4. The predicted molar refractivity (Wildman–Crippen MR) is 108 cm³/mol. The van der Waals surface area contributed by atoms with Gasteiger partial charge in [0.25, 0.3) is 0 Å². The number of nitrogens with one attached hydrogen (secondary N) is 1. The number of piperidine rings is 1. The Morgan fingerprint density at radius 2 is 1.93 bits per heavy atom. The first kappa shape index (κ1) is 20.5. The second-order valence-corrected chi connectivity index (χ2v) is 7.90. The van der Waals surface area contributed by atoms with Crippen LogP contribution in [0.1, 0.15) is 56.1 Å². The summed E-state index contributed by atoms with van der Waals surface area (Å²) in [5, 5.41) is 3.19. The molecule has 6 nitrogen and oxygen atoms in total. The SMILES string of the molecule is CCOC(=O)N1CCC(NC(=O)CC(c2ccc(OC)c(C)c2)C2CC2)CC1. The average Bonchev–Trinajstić information content (AvgIpc) is 3.52. The molecule has 0 spiro atoms. The molecule has 0 aromatic heterocycles. The maximum atomic E-state index is 12.7. The summed E-state index contributed by atoms with van der Waals surface area (Å²) in [6, 6.07) is 6.39. The van der Waals surface area contributed by atoms with Crippen LogP contribution in [0.15, 0.2) is 18.2 Å². The van der Waals surface area contributed by atoms with E-state index < -0.39 is 0 Å². The van der Waals surface area contributed by atoms with Crippen LogP contribution in [0.2, 0.25) is 0 Å². The van der Waals surface area contributed by atoms with E-state index in [1.165, 1.54) is 18.4 Å². The van der Waals surface area contributed by atoms with Gasteiger partial charge >= 0.3 is 6.09 Å². The fraction of sp³-hybridized carbons (Fsp3) is 0.636. The summed E-state index contributed by atoms with van der Waals surface area (Å²) in [4.78, 5) is 26.2. The van der Waals surface area contributed by atoms with Crippen LogP contribution in [0.5, 0.6) is 5.75 Å². The Balaban J connectivity index is 1.53. The fourth-order valence-corrected chi connectivity index (χ4v) is 4.10. The van der Waals surface area contributed by atoms with Crippen LogP contribution in [0.4, 0.5) is 4.79 Å². The number of likely N-dealkylation sites (tertiary alicyclic amines) is 1. The number of carbonyl (C=O) groups excluding carboxylic acids is 2. The second-order valence-electron chi connectivity index (χ2n) is 7.90. The number of hydrogen-bond donors (Lipinski definition) is 1. The van der Waals surface area contributed by atoms with Crippen LogP contribution in [0.25, 0.3) is 0 Å². The zero-order chi connectivity index (χ0) is 20.1. The van der Waals surface area contributed by atoms with E-state index in [1.807, 2.05) is 19.9 Å². The van der Waals surface area contributed by atoms with Gasteiger partial charge in [-0.2, -0.15) is 0 Å². The van der Waals surface area contributed by atoms with Crippen molar-refractivity contribution in [2.24, 2.45) is 5.92 Å². The fourth-order valence-electron chi connectivity index (χ4n) is 4.10. The maximum Gasteiger partial charge on any atom is 0.409 e. The summed E-state index contributed by atoms with van der Waals surface area (Å²) >= 11 is 0. The molecule has 1 saturated heterocycles. The molecule has 28 heavy (non-hydrogen) atoms. The Morgan fingerprint density at radius 3 is 2.50 bits per heavy atom. The minimum atomic E-state index is -0.254. The Labute approximate surface area is 167 Å². The molecule has 1 aromatic rings. The zero-order valence-electron chi connectivity index (χ0n) is 17.2. The Hall–Kier alpha value is -2.24. The van der Waals surface area contributed by atoms with Crippen molar-refractivity contribution in [3.63, 3.8) is 0 Å². The second kappa shape index (κ2) is 9.30. The maximum absolute atomic E-state index is 12.7. The number of benzene rings is 1. The highest BCUT2D eigenvalue weighted by Crippen LogP contribution is 2.45. The number of carbonyl (C=O) groups is 2. The van der Waals surface area contributed by atoms with Crippen molar-refractivity contribution in [3.8, 4) is 5.75 Å². The molecular weight excluding hydrogens is 356 g/mol. The van der Waals surface area contributed by atoms with Gasteiger partial charge in [-0.05, 0) is 68.6 Å². The Morgan fingerprint density at radius 1 is 1.21 bits per heavy atom. The zero-order valence-corrected chi connectivity index (χ0v) is 17.2. The van der Waals surface area contributed by atoms with E-state index in [0.717, 1.165) is 24.2 Å². The van der Waals surface area contributed by atoms with E-state index in [9.17, 15) is 9.59 Å². The minimum absolute atomic E-state index is 0.111. The van der Waals surface area contributed by atoms with Gasteiger partial charge in [0.15, 0.2) is 0 Å². The van der Waals surface area contributed by atoms with Crippen LogP contribution >= 0.6 is 0 Å². The van der Waals surface area contributed by atoms with E-state index in [-0.39, 0.29) is 24.0 Å². The van der Waals surface area contributed by atoms with Crippen LogP contribution in [-0.2, 0) is 9.53 Å². The lowest BCUT2D eigenvalue weighted by Gasteiger charge is -2.32. The van der Waals surface area contributed by atoms with Gasteiger partial charge in [-0.3, -0.25) is 4.79 Å². The third-order valence-electron chi connectivity index (χ3n) is 5.83. The van der Waals surface area contributed by atoms with Gasteiger partial charge in [0, 0.05) is 25.6 Å². The number of aryl methyl sites for hydroxylation is 1. The summed E-state index contributed by atoms with van der Waals surface area (Å²) in [5.41, 5.74) is 2.34. The molecule has 0 radical (unpaired) electrons. The largest absolute Gasteiger partial charge is 0.496 e. The first-order chi connectivity index (χ1) is 13.5. The number of nitrogens with zero attached hydrogens (tertiary/aromatic N) is 1. The van der Waals surface area contributed by atoms with Crippen LogP contribution in [-0.4, -0.2) is 49.7 Å². The van der Waals surface area contributed by atoms with E-state index in [4.69, 9.17) is 9.47 Å². The van der Waals surface area contributed by atoms with E-state index in [1.54, 1.807) is 12.0 Å². The average molecular weight is 389 g/mol. The molecule has 1 saturated carbocycles. The molecule has 154 valence electrons. The quantitative estimate of drug-likeness (QED) is 0.775. The van der Waals surface area contributed by atoms with Gasteiger partial charge < -0.3 is 19.7 Å². The molecule has 1 unspecified atom stereocenters.